The summed E-state index contributed by atoms with van der Waals surface area (Å²) >= 11 is 0. The first-order chi connectivity index (χ1) is 17.4. The Morgan fingerprint density at radius 1 is 0.917 bits per heavy atom. The molecule has 2 rings (SSSR count). The Morgan fingerprint density at radius 2 is 1.56 bits per heavy atom. The molecule has 4 N–H and O–H groups in total. The van der Waals surface area contributed by atoms with Gasteiger partial charge in [0.25, 0.3) is 0 Å². The molecular weight excluding hydrogens is 456 g/mol. The maximum absolute atomic E-state index is 13.2. The van der Waals surface area contributed by atoms with Crippen molar-refractivity contribution in [1.82, 2.24) is 21.3 Å². The normalized spacial score (nSPS) is 23.4. The maximum Gasteiger partial charge on any atom is 0.243 e. The Balaban J connectivity index is 2.30. The van der Waals surface area contributed by atoms with Crippen LogP contribution in [0.2, 0.25) is 0 Å². The number of amides is 3. The summed E-state index contributed by atoms with van der Waals surface area (Å²) in [5.41, 5.74) is 0.903. The highest BCUT2D eigenvalue weighted by Crippen LogP contribution is 2.19. The molecule has 1 aliphatic heterocycles. The quantitative estimate of drug-likeness (QED) is 0.460. The van der Waals surface area contributed by atoms with Gasteiger partial charge in [0, 0.05) is 18.7 Å². The summed E-state index contributed by atoms with van der Waals surface area (Å²) in [5, 5.41) is 12.1. The minimum atomic E-state index is -0.695. The summed E-state index contributed by atoms with van der Waals surface area (Å²) in [4.78, 5) is 39.4. The zero-order chi connectivity index (χ0) is 26.3. The summed E-state index contributed by atoms with van der Waals surface area (Å²) in [5.74, 6) is -0.0100. The van der Waals surface area contributed by atoms with Gasteiger partial charge < -0.3 is 26.0 Å². The molecule has 3 atom stereocenters. The standard InChI is InChI=1S/C28H44N4O4/c1-5-7-14-22-26(33)30-17-11-13-21-12-9-10-16-24(21)36-19-18-29-25(20(3)4)28(35)32-23(15-8-6-2)27(34)31-22/h9-13,16,20,22-23,25,29H,5-8,14-15,17-19H2,1-4H3,(H,30,33)(H,31,34)(H,32,35)/b13-11-/t22-,23-,25+/m0/s1. The number of hydrogen-bond acceptors (Lipinski definition) is 5. The van der Waals surface area contributed by atoms with Crippen LogP contribution in [0.4, 0.5) is 0 Å². The fraction of sp³-hybridized carbons (Fsp3) is 0.607. The van der Waals surface area contributed by atoms with Gasteiger partial charge in [-0.15, -0.1) is 0 Å². The molecule has 0 saturated carbocycles. The lowest BCUT2D eigenvalue weighted by Gasteiger charge is -2.27. The van der Waals surface area contributed by atoms with Crippen molar-refractivity contribution >= 4 is 23.8 Å². The number of carbonyl (C=O) groups excluding carboxylic acids is 3. The van der Waals surface area contributed by atoms with E-state index >= 15 is 0 Å². The third-order valence-electron chi connectivity index (χ3n) is 6.24. The van der Waals surface area contributed by atoms with Crippen LogP contribution in [-0.2, 0) is 14.4 Å². The highest BCUT2D eigenvalue weighted by molar-refractivity contribution is 5.93. The number of carbonyl (C=O) groups is 3. The molecule has 0 aromatic heterocycles. The van der Waals surface area contributed by atoms with E-state index in [9.17, 15) is 14.4 Å². The average Bonchev–Trinajstić information content (AvgIpc) is 2.86. The van der Waals surface area contributed by atoms with E-state index in [1.807, 2.05) is 64.1 Å². The van der Waals surface area contributed by atoms with Crippen LogP contribution in [0.25, 0.3) is 6.08 Å². The van der Waals surface area contributed by atoms with Crippen molar-refractivity contribution in [1.29, 1.82) is 0 Å². The van der Waals surface area contributed by atoms with E-state index in [4.69, 9.17) is 4.74 Å². The van der Waals surface area contributed by atoms with E-state index in [1.165, 1.54) is 0 Å². The number of fused-ring (bicyclic) bond motifs is 1. The van der Waals surface area contributed by atoms with Gasteiger partial charge >= 0.3 is 0 Å². The molecule has 36 heavy (non-hydrogen) atoms. The maximum atomic E-state index is 13.2. The molecule has 1 aromatic carbocycles. The summed E-state index contributed by atoms with van der Waals surface area (Å²) in [7, 11) is 0. The van der Waals surface area contributed by atoms with Gasteiger partial charge in [0.2, 0.25) is 17.7 Å². The molecule has 8 nitrogen and oxygen atoms in total. The van der Waals surface area contributed by atoms with Crippen LogP contribution in [0.5, 0.6) is 5.75 Å². The predicted octanol–water partition coefficient (Wildman–Crippen LogP) is 3.17. The lowest BCUT2D eigenvalue weighted by molar-refractivity contribution is -0.133. The Kier molecular flexibility index (Phi) is 13.0. The minimum Gasteiger partial charge on any atom is -0.492 e. The minimum absolute atomic E-state index is 0.0174. The number of unbranched alkanes of at least 4 members (excludes halogenated alkanes) is 2. The number of hydrogen-bond donors (Lipinski definition) is 4. The number of benzene rings is 1. The fourth-order valence-corrected chi connectivity index (χ4v) is 4.11. The Hall–Kier alpha value is -2.87. The Bertz CT molecular complexity index is 871. The smallest absolute Gasteiger partial charge is 0.243 e. The van der Waals surface area contributed by atoms with Crippen LogP contribution in [0.15, 0.2) is 30.3 Å². The van der Waals surface area contributed by atoms with E-state index in [-0.39, 0.29) is 23.6 Å². The summed E-state index contributed by atoms with van der Waals surface area (Å²) in [6, 6.07) is 5.87. The van der Waals surface area contributed by atoms with Crippen molar-refractivity contribution in [3.8, 4) is 5.75 Å². The van der Waals surface area contributed by atoms with Gasteiger partial charge in [-0.25, -0.2) is 0 Å². The molecule has 1 aliphatic rings. The molecule has 0 fully saturated rings. The van der Waals surface area contributed by atoms with Crippen molar-refractivity contribution in [2.75, 3.05) is 19.7 Å². The highest BCUT2D eigenvalue weighted by atomic mass is 16.5. The second-order valence-corrected chi connectivity index (χ2v) is 9.62. The van der Waals surface area contributed by atoms with E-state index in [1.54, 1.807) is 0 Å². The summed E-state index contributed by atoms with van der Waals surface area (Å²) < 4.78 is 5.97. The zero-order valence-corrected chi connectivity index (χ0v) is 22.3. The predicted molar refractivity (Wildman–Crippen MR) is 144 cm³/mol. The van der Waals surface area contributed by atoms with Crippen molar-refractivity contribution in [2.24, 2.45) is 5.92 Å². The van der Waals surface area contributed by atoms with Gasteiger partial charge in [-0.2, -0.15) is 0 Å². The third-order valence-corrected chi connectivity index (χ3v) is 6.24. The molecule has 0 unspecified atom stereocenters. The van der Waals surface area contributed by atoms with Crippen LogP contribution >= 0.6 is 0 Å². The van der Waals surface area contributed by atoms with Gasteiger partial charge in [0.05, 0.1) is 6.04 Å². The first-order valence-electron chi connectivity index (χ1n) is 13.4. The van der Waals surface area contributed by atoms with E-state index in [0.717, 1.165) is 37.0 Å². The van der Waals surface area contributed by atoms with Gasteiger partial charge in [-0.3, -0.25) is 14.4 Å². The Morgan fingerprint density at radius 3 is 2.22 bits per heavy atom. The molecule has 0 saturated heterocycles. The first-order valence-corrected chi connectivity index (χ1v) is 13.4. The average molecular weight is 501 g/mol. The fourth-order valence-electron chi connectivity index (χ4n) is 4.11. The largest absolute Gasteiger partial charge is 0.492 e. The molecule has 8 heteroatoms. The van der Waals surface area contributed by atoms with E-state index < -0.39 is 18.1 Å². The van der Waals surface area contributed by atoms with E-state index in [0.29, 0.717) is 32.5 Å². The molecular formula is C28H44N4O4. The first kappa shape index (κ1) is 29.4. The highest BCUT2D eigenvalue weighted by Gasteiger charge is 2.29. The monoisotopic (exact) mass is 500 g/mol. The van der Waals surface area contributed by atoms with Crippen LogP contribution in [0, 0.1) is 5.92 Å². The molecule has 0 radical (unpaired) electrons. The number of ether oxygens (including phenoxy) is 1. The third kappa shape index (κ3) is 9.64. The summed E-state index contributed by atoms with van der Waals surface area (Å²) in [6.45, 7) is 9.23. The Labute approximate surface area is 216 Å². The SMILES string of the molecule is CCCC[C@@H]1NC(=O)[C@H](CCCC)NC(=O)[C@@H](C(C)C)NCCOc2ccccc2/C=C\CNC1=O. The van der Waals surface area contributed by atoms with Crippen molar-refractivity contribution in [2.45, 2.75) is 84.3 Å². The van der Waals surface area contributed by atoms with Crippen LogP contribution in [-0.4, -0.2) is 55.5 Å². The lowest BCUT2D eigenvalue weighted by Crippen LogP contribution is -2.57. The number of nitrogens with one attached hydrogen (secondary N) is 4. The molecule has 3 amide bonds. The molecule has 200 valence electrons. The topological polar surface area (TPSA) is 109 Å². The van der Waals surface area contributed by atoms with Gasteiger partial charge in [-0.05, 0) is 24.8 Å². The molecule has 1 heterocycles. The van der Waals surface area contributed by atoms with Crippen LogP contribution in [0.1, 0.15) is 71.8 Å². The molecule has 0 bridgehead atoms. The molecule has 0 spiro atoms. The second-order valence-electron chi connectivity index (χ2n) is 9.62. The zero-order valence-electron chi connectivity index (χ0n) is 22.3. The molecule has 1 aromatic rings. The van der Waals surface area contributed by atoms with Crippen molar-refractivity contribution in [3.05, 3.63) is 35.9 Å². The van der Waals surface area contributed by atoms with Gasteiger partial charge in [0.15, 0.2) is 0 Å². The van der Waals surface area contributed by atoms with Crippen LogP contribution < -0.4 is 26.0 Å². The van der Waals surface area contributed by atoms with Gasteiger partial charge in [0.1, 0.15) is 24.4 Å². The molecule has 0 aliphatic carbocycles. The lowest BCUT2D eigenvalue weighted by atomic mass is 10.0. The van der Waals surface area contributed by atoms with E-state index in [2.05, 4.69) is 21.3 Å². The summed E-state index contributed by atoms with van der Waals surface area (Å²) in [6.07, 6.45) is 8.26. The second kappa shape index (κ2) is 16.0. The van der Waals surface area contributed by atoms with Gasteiger partial charge in [-0.1, -0.05) is 83.7 Å². The number of para-hydroxylation sites is 1. The van der Waals surface area contributed by atoms with Crippen molar-refractivity contribution < 1.29 is 19.1 Å². The van der Waals surface area contributed by atoms with Crippen molar-refractivity contribution in [3.63, 3.8) is 0 Å². The number of rotatable bonds is 7. The van der Waals surface area contributed by atoms with Crippen LogP contribution in [0.3, 0.4) is 0 Å².